The monoisotopic (exact) mass is 283 g/mol. The summed E-state index contributed by atoms with van der Waals surface area (Å²) in [5.74, 6) is 0.343. The van der Waals surface area contributed by atoms with Crippen LogP contribution in [0.2, 0.25) is 5.02 Å². The Morgan fingerprint density at radius 3 is 3.00 bits per heavy atom. The van der Waals surface area contributed by atoms with Crippen molar-refractivity contribution in [2.45, 2.75) is 32.2 Å². The van der Waals surface area contributed by atoms with Crippen LogP contribution in [0.15, 0.2) is 22.7 Å². The summed E-state index contributed by atoms with van der Waals surface area (Å²) < 4.78 is 18.8. The predicted molar refractivity (Wildman–Crippen MR) is 70.4 cm³/mol. The van der Waals surface area contributed by atoms with Crippen LogP contribution < -0.4 is 5.73 Å². The molecule has 1 aromatic carbocycles. The minimum atomic E-state index is -0.451. The van der Waals surface area contributed by atoms with Crippen LogP contribution >= 0.6 is 11.6 Å². The first-order chi connectivity index (χ1) is 9.11. The lowest BCUT2D eigenvalue weighted by molar-refractivity contribution is 0.344. The average Bonchev–Trinajstić information content (AvgIpc) is 2.84. The molecule has 0 saturated carbocycles. The van der Waals surface area contributed by atoms with E-state index in [1.54, 1.807) is 12.1 Å². The zero-order chi connectivity index (χ0) is 13.8. The molecule has 1 aromatic heterocycles. The molecule has 0 aliphatic rings. The Morgan fingerprint density at radius 2 is 2.26 bits per heavy atom. The van der Waals surface area contributed by atoms with E-state index in [1.807, 2.05) is 6.92 Å². The van der Waals surface area contributed by atoms with E-state index in [1.165, 1.54) is 6.07 Å². The molecule has 2 aromatic rings. The number of halogens is 2. The quantitative estimate of drug-likeness (QED) is 0.915. The molecule has 6 heteroatoms. The highest BCUT2D eigenvalue weighted by atomic mass is 35.5. The van der Waals surface area contributed by atoms with E-state index in [-0.39, 0.29) is 17.5 Å². The molecule has 2 N–H and O–H groups in total. The van der Waals surface area contributed by atoms with Gasteiger partial charge < -0.3 is 10.3 Å². The number of nitrogens with zero attached hydrogens (tertiary/aromatic N) is 2. The molecule has 0 unspecified atom stereocenters. The van der Waals surface area contributed by atoms with Gasteiger partial charge in [0.15, 0.2) is 5.82 Å². The molecule has 2 rings (SSSR count). The molecule has 0 radical (unpaired) electrons. The fourth-order valence-electron chi connectivity index (χ4n) is 1.78. The van der Waals surface area contributed by atoms with Gasteiger partial charge in [0.1, 0.15) is 5.82 Å². The zero-order valence-electron chi connectivity index (χ0n) is 10.6. The Hall–Kier alpha value is -1.46. The van der Waals surface area contributed by atoms with Crippen molar-refractivity contribution in [1.82, 2.24) is 10.1 Å². The SMILES string of the molecule is CCC[C@H](N)c1nc(Cc2cccc(Cl)c2F)no1. The Bertz CT molecular complexity index is 559. The molecule has 4 nitrogen and oxygen atoms in total. The van der Waals surface area contributed by atoms with Crippen LogP contribution in [-0.2, 0) is 6.42 Å². The molecular weight excluding hydrogens is 269 g/mol. The Kier molecular flexibility index (Phi) is 4.50. The molecule has 0 saturated heterocycles. The van der Waals surface area contributed by atoms with Crippen LogP contribution in [0.3, 0.4) is 0 Å². The minimum absolute atomic E-state index is 0.0869. The number of rotatable bonds is 5. The largest absolute Gasteiger partial charge is 0.338 e. The molecular formula is C13H15ClFN3O. The van der Waals surface area contributed by atoms with Gasteiger partial charge >= 0.3 is 0 Å². The summed E-state index contributed by atoms with van der Waals surface area (Å²) in [5.41, 5.74) is 6.31. The molecule has 0 amide bonds. The van der Waals surface area contributed by atoms with Gasteiger partial charge in [-0.3, -0.25) is 0 Å². The van der Waals surface area contributed by atoms with E-state index in [2.05, 4.69) is 10.1 Å². The lowest BCUT2D eigenvalue weighted by atomic mass is 10.1. The fourth-order valence-corrected chi connectivity index (χ4v) is 1.97. The van der Waals surface area contributed by atoms with E-state index in [0.29, 0.717) is 17.3 Å². The Morgan fingerprint density at radius 1 is 1.47 bits per heavy atom. The van der Waals surface area contributed by atoms with Gasteiger partial charge in [0.2, 0.25) is 5.89 Å². The first-order valence-electron chi connectivity index (χ1n) is 6.12. The van der Waals surface area contributed by atoms with Crippen LogP contribution in [-0.4, -0.2) is 10.1 Å². The maximum atomic E-state index is 13.7. The number of hydrogen-bond donors (Lipinski definition) is 1. The standard InChI is InChI=1S/C13H15ClFN3O/c1-2-4-10(16)13-17-11(18-19-13)7-8-5-3-6-9(14)12(8)15/h3,5-6,10H,2,4,7,16H2,1H3/t10-/m0/s1. The van der Waals surface area contributed by atoms with Crippen LogP contribution in [0.1, 0.15) is 43.1 Å². The molecule has 1 heterocycles. The first-order valence-corrected chi connectivity index (χ1v) is 6.50. The summed E-state index contributed by atoms with van der Waals surface area (Å²) in [4.78, 5) is 4.18. The molecule has 102 valence electrons. The average molecular weight is 284 g/mol. The Labute approximate surface area is 115 Å². The molecule has 0 bridgehead atoms. The molecule has 19 heavy (non-hydrogen) atoms. The van der Waals surface area contributed by atoms with Crippen molar-refractivity contribution in [3.8, 4) is 0 Å². The third-order valence-electron chi connectivity index (χ3n) is 2.78. The van der Waals surface area contributed by atoms with E-state index >= 15 is 0 Å². The normalized spacial score (nSPS) is 12.6. The zero-order valence-corrected chi connectivity index (χ0v) is 11.3. The Balaban J connectivity index is 2.14. The third-order valence-corrected chi connectivity index (χ3v) is 3.07. The molecule has 0 aliphatic heterocycles. The van der Waals surface area contributed by atoms with Gasteiger partial charge in [-0.15, -0.1) is 0 Å². The van der Waals surface area contributed by atoms with E-state index < -0.39 is 5.82 Å². The molecule has 1 atom stereocenters. The van der Waals surface area contributed by atoms with Gasteiger partial charge in [-0.1, -0.05) is 42.2 Å². The maximum Gasteiger partial charge on any atom is 0.243 e. The second-order valence-corrected chi connectivity index (χ2v) is 4.74. The number of nitrogens with two attached hydrogens (primary N) is 1. The fraction of sp³-hybridized carbons (Fsp3) is 0.385. The van der Waals surface area contributed by atoms with Crippen molar-refractivity contribution in [2.24, 2.45) is 5.73 Å². The second-order valence-electron chi connectivity index (χ2n) is 4.33. The van der Waals surface area contributed by atoms with Gasteiger partial charge in [0.25, 0.3) is 0 Å². The highest BCUT2D eigenvalue weighted by molar-refractivity contribution is 6.30. The van der Waals surface area contributed by atoms with Crippen molar-refractivity contribution in [2.75, 3.05) is 0 Å². The van der Waals surface area contributed by atoms with E-state index in [4.69, 9.17) is 21.9 Å². The van der Waals surface area contributed by atoms with Crippen molar-refractivity contribution in [3.63, 3.8) is 0 Å². The van der Waals surface area contributed by atoms with Gasteiger partial charge in [0.05, 0.1) is 11.1 Å². The molecule has 0 fully saturated rings. The van der Waals surface area contributed by atoms with Gasteiger partial charge in [-0.05, 0) is 18.1 Å². The maximum absolute atomic E-state index is 13.7. The van der Waals surface area contributed by atoms with Crippen LogP contribution in [0.5, 0.6) is 0 Å². The summed E-state index contributed by atoms with van der Waals surface area (Å²) >= 11 is 5.72. The third kappa shape index (κ3) is 3.30. The first kappa shape index (κ1) is 14.0. The van der Waals surface area contributed by atoms with Gasteiger partial charge in [-0.2, -0.15) is 4.98 Å². The predicted octanol–water partition coefficient (Wildman–Crippen LogP) is 3.25. The lowest BCUT2D eigenvalue weighted by Gasteiger charge is -2.02. The van der Waals surface area contributed by atoms with E-state index in [0.717, 1.165) is 12.8 Å². The summed E-state index contributed by atoms with van der Waals surface area (Å²) in [5, 5.41) is 3.90. The van der Waals surface area contributed by atoms with Crippen molar-refractivity contribution in [1.29, 1.82) is 0 Å². The van der Waals surface area contributed by atoms with Gasteiger partial charge in [0, 0.05) is 6.42 Å². The summed E-state index contributed by atoms with van der Waals surface area (Å²) in [6.45, 7) is 2.03. The van der Waals surface area contributed by atoms with Crippen molar-refractivity contribution >= 4 is 11.6 Å². The smallest absolute Gasteiger partial charge is 0.243 e. The summed E-state index contributed by atoms with van der Waals surface area (Å²) in [6.07, 6.45) is 1.93. The minimum Gasteiger partial charge on any atom is -0.338 e. The van der Waals surface area contributed by atoms with Crippen molar-refractivity contribution < 1.29 is 8.91 Å². The van der Waals surface area contributed by atoms with E-state index in [9.17, 15) is 4.39 Å². The van der Waals surface area contributed by atoms with Gasteiger partial charge in [-0.25, -0.2) is 4.39 Å². The molecule has 0 spiro atoms. The van der Waals surface area contributed by atoms with Crippen LogP contribution in [0.4, 0.5) is 4.39 Å². The summed E-state index contributed by atoms with van der Waals surface area (Å²) in [6, 6.07) is 4.56. The highest BCUT2D eigenvalue weighted by Crippen LogP contribution is 2.20. The van der Waals surface area contributed by atoms with Crippen LogP contribution in [0, 0.1) is 5.82 Å². The lowest BCUT2D eigenvalue weighted by Crippen LogP contribution is -2.10. The second kappa shape index (κ2) is 6.12. The summed E-state index contributed by atoms with van der Waals surface area (Å²) in [7, 11) is 0. The number of benzene rings is 1. The number of hydrogen-bond acceptors (Lipinski definition) is 4. The highest BCUT2D eigenvalue weighted by Gasteiger charge is 2.15. The van der Waals surface area contributed by atoms with Crippen LogP contribution in [0.25, 0.3) is 0 Å². The molecule has 0 aliphatic carbocycles. The van der Waals surface area contributed by atoms with Crippen molar-refractivity contribution in [3.05, 3.63) is 46.3 Å². The topological polar surface area (TPSA) is 64.9 Å². The number of aromatic nitrogens is 2.